The third-order valence-corrected chi connectivity index (χ3v) is 5.69. The molecule has 0 unspecified atom stereocenters. The lowest BCUT2D eigenvalue weighted by atomic mass is 9.93. The Morgan fingerprint density at radius 1 is 1.09 bits per heavy atom. The first kappa shape index (κ1) is 25.1. The number of rotatable bonds is 7. The van der Waals surface area contributed by atoms with Gasteiger partial charge in [0.1, 0.15) is 11.6 Å². The van der Waals surface area contributed by atoms with Gasteiger partial charge in [0.2, 0.25) is 0 Å². The Kier molecular flexibility index (Phi) is 7.18. The number of Topliss-reactive ketones (excluding diaryl/α,β-unsaturated/α-hetero) is 1. The molecule has 2 aromatic rings. The van der Waals surface area contributed by atoms with E-state index in [9.17, 15) is 40.7 Å². The highest BCUT2D eigenvalue weighted by Crippen LogP contribution is 2.36. The van der Waals surface area contributed by atoms with Crippen LogP contribution < -0.4 is 4.72 Å². The van der Waals surface area contributed by atoms with Gasteiger partial charge in [-0.1, -0.05) is 0 Å². The maximum absolute atomic E-state index is 13.3. The predicted octanol–water partition coefficient (Wildman–Crippen LogP) is 3.81. The number of ketones is 1. The lowest BCUT2D eigenvalue weighted by Crippen LogP contribution is -2.35. The molecule has 0 aliphatic rings. The molecule has 0 saturated carbocycles. The normalized spacial score (nSPS) is 13.0. The number of aryl methyl sites for hydroxylation is 1. The molecule has 174 valence electrons. The molecule has 0 spiro atoms. The van der Waals surface area contributed by atoms with Crippen molar-refractivity contribution < 1.29 is 45.4 Å². The first-order chi connectivity index (χ1) is 14.6. The number of hydrogen-bond donors (Lipinski definition) is 2. The summed E-state index contributed by atoms with van der Waals surface area (Å²) in [6, 6.07) is 5.43. The van der Waals surface area contributed by atoms with Crippen LogP contribution in [-0.4, -0.2) is 37.6 Å². The molecule has 0 aliphatic heterocycles. The summed E-state index contributed by atoms with van der Waals surface area (Å²) in [6.45, 7) is 4.03. The van der Waals surface area contributed by atoms with E-state index in [4.69, 9.17) is 4.74 Å². The van der Waals surface area contributed by atoms with Gasteiger partial charge in [-0.2, -0.15) is 13.2 Å². The summed E-state index contributed by atoms with van der Waals surface area (Å²) in [7, 11) is -4.33. The summed E-state index contributed by atoms with van der Waals surface area (Å²) < 4.78 is 84.7. The van der Waals surface area contributed by atoms with Crippen molar-refractivity contribution in [1.29, 1.82) is 0 Å². The van der Waals surface area contributed by atoms with Crippen LogP contribution in [0.3, 0.4) is 0 Å². The second-order valence-corrected chi connectivity index (χ2v) is 8.72. The number of esters is 1. The lowest BCUT2D eigenvalue weighted by Gasteiger charge is -2.20. The fraction of sp³-hybridized carbons (Fsp3) is 0.300. The number of alkyl halides is 3. The van der Waals surface area contributed by atoms with Crippen molar-refractivity contribution in [3.8, 4) is 5.75 Å². The first-order valence-electron chi connectivity index (χ1n) is 9.07. The summed E-state index contributed by atoms with van der Waals surface area (Å²) >= 11 is 0. The Morgan fingerprint density at radius 2 is 1.72 bits per heavy atom. The Hall–Kier alpha value is -3.15. The number of hydrogen-bond acceptors (Lipinski definition) is 6. The maximum atomic E-state index is 13.3. The molecular formula is C20H19F4NO6S. The van der Waals surface area contributed by atoms with E-state index in [1.165, 1.54) is 20.8 Å². The van der Waals surface area contributed by atoms with Crippen molar-refractivity contribution in [1.82, 2.24) is 0 Å². The Bertz CT molecular complexity index is 1150. The summed E-state index contributed by atoms with van der Waals surface area (Å²) in [5.74, 6) is -8.16. The molecule has 12 heteroatoms. The number of carbonyl (C=O) groups excluding carboxylic acids is 2. The van der Waals surface area contributed by atoms with Gasteiger partial charge >= 0.3 is 12.1 Å². The van der Waals surface area contributed by atoms with Crippen LogP contribution in [-0.2, 0) is 24.3 Å². The molecule has 0 fully saturated rings. The predicted molar refractivity (Wildman–Crippen MR) is 105 cm³/mol. The maximum Gasteiger partial charge on any atom is 0.451 e. The highest BCUT2D eigenvalue weighted by Gasteiger charge is 2.48. The first-order valence-corrected chi connectivity index (χ1v) is 10.5. The number of nitrogens with one attached hydrogen (secondary N) is 1. The molecule has 2 rings (SSSR count). The molecular weight excluding hydrogens is 458 g/mol. The number of phenols is 1. The number of halogens is 4. The standard InChI is InChI=1S/C20H19F4NO6S/c1-10(2)31-19(28)17(18(27)20(22,23)24)14-9-13(5-6-15(14)26)25-32(29,30)16-7-4-12(21)8-11(16)3/h4-10,17,25-26H,1-3H3/t17-/m1/s1. The van der Waals surface area contributed by atoms with Crippen LogP contribution in [0.15, 0.2) is 41.3 Å². The second-order valence-electron chi connectivity index (χ2n) is 7.07. The summed E-state index contributed by atoms with van der Waals surface area (Å²) in [5, 5.41) is 10.0. The number of phenolic OH excluding ortho intramolecular Hbond substituents is 1. The molecule has 32 heavy (non-hydrogen) atoms. The van der Waals surface area contributed by atoms with E-state index in [1.807, 2.05) is 0 Å². The van der Waals surface area contributed by atoms with Crippen molar-refractivity contribution in [2.45, 2.75) is 43.9 Å². The number of anilines is 1. The molecule has 2 N–H and O–H groups in total. The Labute approximate surface area is 181 Å². The smallest absolute Gasteiger partial charge is 0.451 e. The molecule has 0 aliphatic carbocycles. The van der Waals surface area contributed by atoms with Crippen molar-refractivity contribution in [2.24, 2.45) is 0 Å². The van der Waals surface area contributed by atoms with Gasteiger partial charge < -0.3 is 9.84 Å². The van der Waals surface area contributed by atoms with Crippen molar-refractivity contribution in [3.05, 3.63) is 53.3 Å². The Balaban J connectivity index is 2.53. The van der Waals surface area contributed by atoms with Crippen LogP contribution in [0.5, 0.6) is 5.75 Å². The van der Waals surface area contributed by atoms with Crippen LogP contribution >= 0.6 is 0 Å². The number of sulfonamides is 1. The molecule has 7 nitrogen and oxygen atoms in total. The largest absolute Gasteiger partial charge is 0.508 e. The SMILES string of the molecule is Cc1cc(F)ccc1S(=O)(=O)Nc1ccc(O)c([C@@H](C(=O)OC(C)C)C(=O)C(F)(F)F)c1. The number of aromatic hydroxyl groups is 1. The fourth-order valence-electron chi connectivity index (χ4n) is 2.81. The molecule has 0 heterocycles. The molecule has 0 amide bonds. The molecule has 2 aromatic carbocycles. The topological polar surface area (TPSA) is 110 Å². The van der Waals surface area contributed by atoms with Crippen LogP contribution in [0.1, 0.15) is 30.9 Å². The average Bonchev–Trinajstić information content (AvgIpc) is 2.62. The van der Waals surface area contributed by atoms with E-state index in [2.05, 4.69) is 4.72 Å². The lowest BCUT2D eigenvalue weighted by molar-refractivity contribution is -0.178. The molecule has 0 bridgehead atoms. The molecule has 0 radical (unpaired) electrons. The van der Waals surface area contributed by atoms with Gasteiger partial charge in [0.05, 0.1) is 11.0 Å². The fourth-order valence-corrected chi connectivity index (χ4v) is 4.09. The highest BCUT2D eigenvalue weighted by molar-refractivity contribution is 7.92. The van der Waals surface area contributed by atoms with Gasteiger partial charge in [0, 0.05) is 11.3 Å². The minimum absolute atomic E-state index is 0.0575. The average molecular weight is 477 g/mol. The molecule has 1 atom stereocenters. The van der Waals surface area contributed by atoms with Crippen LogP contribution in [0.4, 0.5) is 23.2 Å². The van der Waals surface area contributed by atoms with Crippen LogP contribution in [0.25, 0.3) is 0 Å². The number of benzene rings is 2. The number of carbonyl (C=O) groups is 2. The zero-order valence-corrected chi connectivity index (χ0v) is 17.8. The van der Waals surface area contributed by atoms with Gasteiger partial charge in [-0.3, -0.25) is 14.3 Å². The van der Waals surface area contributed by atoms with Gasteiger partial charge in [-0.05, 0) is 62.7 Å². The monoisotopic (exact) mass is 477 g/mol. The van der Waals surface area contributed by atoms with Crippen molar-refractivity contribution >= 4 is 27.5 Å². The van der Waals surface area contributed by atoms with Gasteiger partial charge in [0.25, 0.3) is 15.8 Å². The van der Waals surface area contributed by atoms with Crippen molar-refractivity contribution in [3.63, 3.8) is 0 Å². The van der Waals surface area contributed by atoms with E-state index in [0.717, 1.165) is 36.4 Å². The van der Waals surface area contributed by atoms with E-state index in [1.54, 1.807) is 0 Å². The van der Waals surface area contributed by atoms with Gasteiger partial charge in [-0.25, -0.2) is 12.8 Å². The molecule has 0 aromatic heterocycles. The summed E-state index contributed by atoms with van der Waals surface area (Å²) in [6.07, 6.45) is -6.30. The quantitative estimate of drug-likeness (QED) is 0.272. The van der Waals surface area contributed by atoms with Crippen LogP contribution in [0.2, 0.25) is 0 Å². The molecule has 0 saturated heterocycles. The minimum Gasteiger partial charge on any atom is -0.508 e. The third kappa shape index (κ3) is 5.75. The zero-order valence-electron chi connectivity index (χ0n) is 17.0. The van der Waals surface area contributed by atoms with Crippen LogP contribution in [0, 0.1) is 12.7 Å². The van der Waals surface area contributed by atoms with Gasteiger partial charge in [0.15, 0.2) is 5.92 Å². The number of ether oxygens (including phenoxy) is 1. The van der Waals surface area contributed by atoms with E-state index in [0.29, 0.717) is 0 Å². The Morgan fingerprint density at radius 3 is 2.25 bits per heavy atom. The second kappa shape index (κ2) is 9.15. The third-order valence-electron chi connectivity index (χ3n) is 4.15. The highest BCUT2D eigenvalue weighted by atomic mass is 32.2. The van der Waals surface area contributed by atoms with E-state index < -0.39 is 57.1 Å². The van der Waals surface area contributed by atoms with E-state index in [-0.39, 0.29) is 16.1 Å². The van der Waals surface area contributed by atoms with Gasteiger partial charge in [-0.15, -0.1) is 0 Å². The zero-order chi connectivity index (χ0) is 24.4. The van der Waals surface area contributed by atoms with E-state index >= 15 is 0 Å². The minimum atomic E-state index is -5.44. The van der Waals surface area contributed by atoms with Crippen molar-refractivity contribution in [2.75, 3.05) is 4.72 Å². The summed E-state index contributed by atoms with van der Waals surface area (Å²) in [5.41, 5.74) is -1.09. The summed E-state index contributed by atoms with van der Waals surface area (Å²) in [4.78, 5) is 23.9.